The molecule has 0 aromatic carbocycles. The Bertz CT molecular complexity index is 672. The minimum atomic E-state index is -4.34. The molecule has 0 spiro atoms. The zero-order valence-electron chi connectivity index (χ0n) is 20.0. The number of unbranched alkanes of at least 4 members (excludes halogenated alkanes) is 15. The van der Waals surface area contributed by atoms with Gasteiger partial charge in [0.15, 0.2) is 5.78 Å². The molecular formula is C23H46O7S2. The second kappa shape index (κ2) is 18.9. The van der Waals surface area contributed by atoms with E-state index in [9.17, 15) is 26.2 Å². The fraction of sp³-hybridized carbons (Fsp3) is 0.957. The van der Waals surface area contributed by atoms with Gasteiger partial charge in [0.25, 0.3) is 20.2 Å². The lowest BCUT2D eigenvalue weighted by atomic mass is 10.0. The quantitative estimate of drug-likeness (QED) is 0.128. The summed E-state index contributed by atoms with van der Waals surface area (Å²) < 4.78 is 62.6. The van der Waals surface area contributed by atoms with Crippen molar-refractivity contribution in [3.8, 4) is 0 Å². The van der Waals surface area contributed by atoms with Crippen LogP contribution in [0.1, 0.15) is 129 Å². The predicted molar refractivity (Wildman–Crippen MR) is 130 cm³/mol. The molecule has 0 aromatic rings. The maximum Gasteiger partial charge on any atom is 0.274 e. The van der Waals surface area contributed by atoms with Gasteiger partial charge in [-0.15, -0.1) is 0 Å². The summed E-state index contributed by atoms with van der Waals surface area (Å²) in [7, 11) is -8.19. The largest absolute Gasteiger partial charge is 0.298 e. The summed E-state index contributed by atoms with van der Waals surface area (Å²) >= 11 is 0. The first kappa shape index (κ1) is 31.5. The highest BCUT2D eigenvalue weighted by Gasteiger charge is 2.29. The van der Waals surface area contributed by atoms with Crippen molar-refractivity contribution < 1.29 is 30.7 Å². The molecule has 1 unspecified atom stereocenters. The summed E-state index contributed by atoms with van der Waals surface area (Å²) in [5.41, 5.74) is 0. The fourth-order valence-corrected chi connectivity index (χ4v) is 5.41. The molecule has 0 saturated heterocycles. The first-order valence-electron chi connectivity index (χ1n) is 12.5. The molecule has 7 nitrogen and oxygen atoms in total. The van der Waals surface area contributed by atoms with Crippen molar-refractivity contribution in [3.05, 3.63) is 0 Å². The Kier molecular flexibility index (Phi) is 18.6. The van der Waals surface area contributed by atoms with Crippen LogP contribution in [-0.4, -0.2) is 42.7 Å². The lowest BCUT2D eigenvalue weighted by Gasteiger charge is -2.13. The molecule has 0 aliphatic heterocycles. The topological polar surface area (TPSA) is 126 Å². The number of ketones is 1. The Balaban J connectivity index is 3.84. The molecule has 0 radical (unpaired) electrons. The highest BCUT2D eigenvalue weighted by atomic mass is 32.2. The van der Waals surface area contributed by atoms with Gasteiger partial charge in [0.2, 0.25) is 0 Å². The maximum atomic E-state index is 12.3. The van der Waals surface area contributed by atoms with Crippen LogP contribution in [-0.2, 0) is 25.0 Å². The van der Waals surface area contributed by atoms with Gasteiger partial charge in [0, 0.05) is 6.42 Å². The fourth-order valence-electron chi connectivity index (χ4n) is 3.92. The maximum absolute atomic E-state index is 12.3. The molecular weight excluding hydrogens is 452 g/mol. The van der Waals surface area contributed by atoms with Crippen molar-refractivity contribution in [2.75, 3.05) is 5.75 Å². The van der Waals surface area contributed by atoms with E-state index in [2.05, 4.69) is 6.92 Å². The molecule has 0 aliphatic carbocycles. The summed E-state index contributed by atoms with van der Waals surface area (Å²) in [6.07, 6.45) is 16.7. The van der Waals surface area contributed by atoms with Crippen molar-refractivity contribution in [1.29, 1.82) is 0 Å². The van der Waals surface area contributed by atoms with E-state index in [4.69, 9.17) is 4.55 Å². The van der Waals surface area contributed by atoms with E-state index in [-0.39, 0.29) is 24.4 Å². The van der Waals surface area contributed by atoms with Crippen LogP contribution < -0.4 is 0 Å². The number of hydrogen-bond acceptors (Lipinski definition) is 5. The summed E-state index contributed by atoms with van der Waals surface area (Å²) in [5.74, 6) is -0.542. The third kappa shape index (κ3) is 20.1. The van der Waals surface area contributed by atoms with E-state index in [0.29, 0.717) is 19.3 Å². The van der Waals surface area contributed by atoms with Crippen LogP contribution in [0.25, 0.3) is 0 Å². The van der Waals surface area contributed by atoms with Gasteiger partial charge in [0.1, 0.15) is 5.25 Å². The molecule has 0 rings (SSSR count). The Morgan fingerprint density at radius 3 is 1.47 bits per heavy atom. The van der Waals surface area contributed by atoms with Crippen LogP contribution in [0.5, 0.6) is 0 Å². The van der Waals surface area contributed by atoms with Gasteiger partial charge >= 0.3 is 0 Å². The number of hydrogen-bond donors (Lipinski definition) is 2. The lowest BCUT2D eigenvalue weighted by molar-refractivity contribution is -0.119. The van der Waals surface area contributed by atoms with Crippen molar-refractivity contribution in [1.82, 2.24) is 0 Å². The monoisotopic (exact) mass is 498 g/mol. The second-order valence-corrected chi connectivity index (χ2v) is 12.1. The van der Waals surface area contributed by atoms with Crippen molar-refractivity contribution >= 4 is 26.0 Å². The molecule has 0 amide bonds. The van der Waals surface area contributed by atoms with E-state index in [1.807, 2.05) is 0 Å². The van der Waals surface area contributed by atoms with Gasteiger partial charge in [0.05, 0.1) is 5.75 Å². The normalized spacial score (nSPS) is 13.3. The standard InChI is InChI=1S/C23H46O7S2/c1-2-3-4-5-6-11-14-17-20-23(32(28,29)30)22(24)19-16-13-10-8-7-9-12-15-18-21-31(25,26)27/h23H,2-21H2,1H3,(H,25,26,27)(H,28,29,30). The molecule has 0 aromatic heterocycles. The van der Waals surface area contributed by atoms with Gasteiger partial charge in [-0.3, -0.25) is 13.9 Å². The van der Waals surface area contributed by atoms with Gasteiger partial charge < -0.3 is 0 Å². The summed E-state index contributed by atoms with van der Waals surface area (Å²) in [6.45, 7) is 2.18. The van der Waals surface area contributed by atoms with Gasteiger partial charge in [-0.2, -0.15) is 16.8 Å². The number of Topliss-reactive ketones (excluding diaryl/α,β-unsaturated/α-hetero) is 1. The second-order valence-electron chi connectivity index (χ2n) is 8.95. The molecule has 1 atom stereocenters. The third-order valence-electron chi connectivity index (χ3n) is 5.86. The molecule has 192 valence electrons. The average molecular weight is 499 g/mol. The van der Waals surface area contributed by atoms with Gasteiger partial charge in [-0.25, -0.2) is 0 Å². The Hall–Kier alpha value is -0.510. The van der Waals surface area contributed by atoms with Gasteiger partial charge in [-0.05, 0) is 19.3 Å². The molecule has 0 fully saturated rings. The van der Waals surface area contributed by atoms with Crippen molar-refractivity contribution in [3.63, 3.8) is 0 Å². The van der Waals surface area contributed by atoms with Crippen LogP contribution in [0, 0.1) is 0 Å². The Morgan fingerprint density at radius 1 is 0.625 bits per heavy atom. The SMILES string of the molecule is CCCCCCCCCCC(C(=O)CCCCCCCCCCCS(=O)(=O)O)S(=O)(=O)O. The highest BCUT2D eigenvalue weighted by molar-refractivity contribution is 7.87. The van der Waals surface area contributed by atoms with E-state index in [0.717, 1.165) is 64.2 Å². The molecule has 9 heteroatoms. The van der Waals surface area contributed by atoms with Crippen LogP contribution in [0.4, 0.5) is 0 Å². The first-order chi connectivity index (χ1) is 15.1. The zero-order chi connectivity index (χ0) is 24.3. The third-order valence-corrected chi connectivity index (χ3v) is 7.89. The van der Waals surface area contributed by atoms with E-state index in [1.54, 1.807) is 0 Å². The Morgan fingerprint density at radius 2 is 1.03 bits per heavy atom. The van der Waals surface area contributed by atoms with Crippen LogP contribution in [0.15, 0.2) is 0 Å². The number of carbonyl (C=O) groups excluding carboxylic acids is 1. The molecule has 0 aliphatic rings. The van der Waals surface area contributed by atoms with Crippen LogP contribution in [0.3, 0.4) is 0 Å². The average Bonchev–Trinajstić information content (AvgIpc) is 2.69. The molecule has 32 heavy (non-hydrogen) atoms. The van der Waals surface area contributed by atoms with Crippen molar-refractivity contribution in [2.45, 2.75) is 134 Å². The minimum Gasteiger partial charge on any atom is -0.298 e. The zero-order valence-corrected chi connectivity index (χ0v) is 21.6. The van der Waals surface area contributed by atoms with Crippen LogP contribution >= 0.6 is 0 Å². The van der Waals surface area contributed by atoms with Crippen molar-refractivity contribution in [2.24, 2.45) is 0 Å². The molecule has 0 bridgehead atoms. The molecule has 0 saturated carbocycles. The van der Waals surface area contributed by atoms with E-state index < -0.39 is 25.5 Å². The molecule has 2 N–H and O–H groups in total. The van der Waals surface area contributed by atoms with E-state index >= 15 is 0 Å². The van der Waals surface area contributed by atoms with E-state index in [1.165, 1.54) is 25.7 Å². The predicted octanol–water partition coefficient (Wildman–Crippen LogP) is 6.13. The number of rotatable bonds is 23. The smallest absolute Gasteiger partial charge is 0.274 e. The lowest BCUT2D eigenvalue weighted by Crippen LogP contribution is -2.29. The Labute approximate surface area is 196 Å². The molecule has 0 heterocycles. The van der Waals surface area contributed by atoms with Crippen LogP contribution in [0.2, 0.25) is 0 Å². The van der Waals surface area contributed by atoms with Gasteiger partial charge in [-0.1, -0.05) is 103 Å². The summed E-state index contributed by atoms with van der Waals surface area (Å²) in [6, 6.07) is 0. The summed E-state index contributed by atoms with van der Waals surface area (Å²) in [4.78, 5) is 12.3. The summed E-state index contributed by atoms with van der Waals surface area (Å²) in [5, 5.41) is -1.27. The first-order valence-corrected chi connectivity index (χ1v) is 15.6. The highest BCUT2D eigenvalue weighted by Crippen LogP contribution is 2.18. The number of carbonyl (C=O) groups is 1. The minimum absolute atomic E-state index is 0.176.